The molecule has 0 atom stereocenters. The average molecular weight is 283 g/mol. The molecule has 0 fully saturated rings. The Morgan fingerprint density at radius 1 is 1.20 bits per heavy atom. The van der Waals surface area contributed by atoms with Crippen molar-refractivity contribution in [3.8, 4) is 11.3 Å². The van der Waals surface area contributed by atoms with Gasteiger partial charge in [-0.1, -0.05) is 13.8 Å². The minimum atomic E-state index is -1.47. The van der Waals surface area contributed by atoms with Gasteiger partial charge < -0.3 is 5.32 Å². The van der Waals surface area contributed by atoms with Gasteiger partial charge in [-0.3, -0.25) is 5.10 Å². The van der Waals surface area contributed by atoms with Crippen molar-refractivity contribution in [1.82, 2.24) is 15.5 Å². The second-order valence-corrected chi connectivity index (χ2v) is 5.05. The third-order valence-corrected chi connectivity index (χ3v) is 2.86. The van der Waals surface area contributed by atoms with Gasteiger partial charge in [0.25, 0.3) is 0 Å². The normalized spacial score (nSPS) is 11.3. The molecule has 0 aliphatic carbocycles. The number of hydrogen-bond donors (Lipinski definition) is 2. The number of benzene rings is 1. The van der Waals surface area contributed by atoms with Crippen molar-refractivity contribution in [2.45, 2.75) is 20.4 Å². The molecule has 6 heteroatoms. The van der Waals surface area contributed by atoms with Gasteiger partial charge >= 0.3 is 0 Å². The molecule has 0 saturated carbocycles. The van der Waals surface area contributed by atoms with Crippen molar-refractivity contribution in [3.63, 3.8) is 0 Å². The zero-order valence-electron chi connectivity index (χ0n) is 11.3. The zero-order chi connectivity index (χ0) is 14.7. The molecule has 0 aliphatic heterocycles. The fourth-order valence-electron chi connectivity index (χ4n) is 1.89. The van der Waals surface area contributed by atoms with Gasteiger partial charge in [-0.05, 0) is 24.6 Å². The summed E-state index contributed by atoms with van der Waals surface area (Å²) >= 11 is 0. The van der Waals surface area contributed by atoms with E-state index in [1.54, 1.807) is 6.20 Å². The summed E-state index contributed by atoms with van der Waals surface area (Å²) < 4.78 is 39.5. The monoisotopic (exact) mass is 283 g/mol. The van der Waals surface area contributed by atoms with Crippen molar-refractivity contribution in [1.29, 1.82) is 0 Å². The first kappa shape index (κ1) is 14.6. The van der Waals surface area contributed by atoms with Gasteiger partial charge in [-0.2, -0.15) is 5.10 Å². The van der Waals surface area contributed by atoms with Gasteiger partial charge in [0, 0.05) is 17.7 Å². The van der Waals surface area contributed by atoms with Crippen molar-refractivity contribution in [2.75, 3.05) is 6.54 Å². The van der Waals surface area contributed by atoms with E-state index in [2.05, 4.69) is 29.4 Å². The topological polar surface area (TPSA) is 40.7 Å². The van der Waals surface area contributed by atoms with Crippen LogP contribution in [0.15, 0.2) is 18.3 Å². The molecule has 108 valence electrons. The van der Waals surface area contributed by atoms with Gasteiger partial charge in [0.1, 0.15) is 0 Å². The summed E-state index contributed by atoms with van der Waals surface area (Å²) in [5.74, 6) is -3.40. The molecule has 3 nitrogen and oxygen atoms in total. The summed E-state index contributed by atoms with van der Waals surface area (Å²) in [5.41, 5.74) is 1.50. The Hall–Kier alpha value is -1.82. The van der Waals surface area contributed by atoms with Crippen LogP contribution in [0.4, 0.5) is 13.2 Å². The Balaban J connectivity index is 2.23. The summed E-state index contributed by atoms with van der Waals surface area (Å²) in [6.45, 7) is 5.49. The Kier molecular flexibility index (Phi) is 4.44. The quantitative estimate of drug-likeness (QED) is 0.827. The van der Waals surface area contributed by atoms with Crippen LogP contribution in [0.2, 0.25) is 0 Å². The van der Waals surface area contributed by atoms with Crippen molar-refractivity contribution >= 4 is 0 Å². The lowest BCUT2D eigenvalue weighted by atomic mass is 10.1. The molecule has 0 radical (unpaired) electrons. The fourth-order valence-corrected chi connectivity index (χ4v) is 1.89. The van der Waals surface area contributed by atoms with Gasteiger partial charge in [0.15, 0.2) is 17.5 Å². The smallest absolute Gasteiger partial charge is 0.194 e. The Morgan fingerprint density at radius 2 is 1.85 bits per heavy atom. The van der Waals surface area contributed by atoms with Crippen LogP contribution in [0.3, 0.4) is 0 Å². The summed E-state index contributed by atoms with van der Waals surface area (Å²) in [5, 5.41) is 9.78. The van der Waals surface area contributed by atoms with Crippen molar-refractivity contribution in [2.24, 2.45) is 5.92 Å². The van der Waals surface area contributed by atoms with Gasteiger partial charge in [0.2, 0.25) is 0 Å². The van der Waals surface area contributed by atoms with Gasteiger partial charge in [0.05, 0.1) is 11.9 Å². The van der Waals surface area contributed by atoms with Gasteiger partial charge in [-0.15, -0.1) is 0 Å². The first-order chi connectivity index (χ1) is 9.49. The number of hydrogen-bond acceptors (Lipinski definition) is 2. The van der Waals surface area contributed by atoms with Crippen LogP contribution in [-0.2, 0) is 6.54 Å². The molecule has 20 heavy (non-hydrogen) atoms. The maximum atomic E-state index is 13.3. The molecule has 2 rings (SSSR count). The summed E-state index contributed by atoms with van der Waals surface area (Å²) in [6, 6.07) is 1.91. The first-order valence-corrected chi connectivity index (χ1v) is 6.37. The van der Waals surface area contributed by atoms with E-state index >= 15 is 0 Å². The molecule has 0 aliphatic rings. The molecule has 0 bridgehead atoms. The highest BCUT2D eigenvalue weighted by Gasteiger charge is 2.15. The molecular formula is C14H16F3N3. The molecule has 0 amide bonds. The van der Waals surface area contributed by atoms with Crippen LogP contribution in [0.25, 0.3) is 11.3 Å². The highest BCUT2D eigenvalue weighted by Crippen LogP contribution is 2.24. The third kappa shape index (κ3) is 3.19. The van der Waals surface area contributed by atoms with Gasteiger partial charge in [-0.25, -0.2) is 13.2 Å². The number of nitrogens with zero attached hydrogens (tertiary/aromatic N) is 1. The van der Waals surface area contributed by atoms with E-state index < -0.39 is 17.5 Å². The lowest BCUT2D eigenvalue weighted by molar-refractivity contribution is 0.447. The molecule has 1 aromatic carbocycles. The van der Waals surface area contributed by atoms with E-state index in [1.807, 2.05) is 0 Å². The highest BCUT2D eigenvalue weighted by atomic mass is 19.2. The minimum absolute atomic E-state index is 0.236. The number of H-pyrrole nitrogens is 1. The average Bonchev–Trinajstić information content (AvgIpc) is 2.83. The maximum Gasteiger partial charge on any atom is 0.194 e. The van der Waals surface area contributed by atoms with E-state index in [9.17, 15) is 13.2 Å². The SMILES string of the molecule is CC(C)CNCc1cn[nH]c1-c1cc(F)c(F)c(F)c1. The largest absolute Gasteiger partial charge is 0.312 e. The maximum absolute atomic E-state index is 13.3. The Labute approximate surface area is 115 Å². The number of aromatic amines is 1. The lowest BCUT2D eigenvalue weighted by Gasteiger charge is -2.08. The minimum Gasteiger partial charge on any atom is -0.312 e. The molecule has 0 unspecified atom stereocenters. The molecule has 0 saturated heterocycles. The van der Waals surface area contributed by atoms with Crippen molar-refractivity contribution < 1.29 is 13.2 Å². The zero-order valence-corrected chi connectivity index (χ0v) is 11.3. The van der Waals surface area contributed by atoms with Crippen LogP contribution < -0.4 is 5.32 Å². The molecule has 1 aromatic heterocycles. The molecule has 2 N–H and O–H groups in total. The summed E-state index contributed by atoms with van der Waals surface area (Å²) in [7, 11) is 0. The Morgan fingerprint density at radius 3 is 2.45 bits per heavy atom. The molecule has 1 heterocycles. The van der Waals surface area contributed by atoms with Crippen LogP contribution in [-0.4, -0.2) is 16.7 Å². The third-order valence-electron chi connectivity index (χ3n) is 2.86. The standard InChI is InChI=1S/C14H16F3N3/c1-8(2)5-18-6-10-7-19-20-14(10)9-3-11(15)13(17)12(16)4-9/h3-4,7-8,18H,5-6H2,1-2H3,(H,19,20). The van der Waals surface area contributed by atoms with E-state index in [0.717, 1.165) is 24.2 Å². The van der Waals surface area contributed by atoms with E-state index in [4.69, 9.17) is 0 Å². The fraction of sp³-hybridized carbons (Fsp3) is 0.357. The predicted octanol–water partition coefficient (Wildman–Crippen LogP) is 3.24. The highest BCUT2D eigenvalue weighted by molar-refractivity contribution is 5.62. The van der Waals surface area contributed by atoms with Crippen LogP contribution in [0, 0.1) is 23.4 Å². The van der Waals surface area contributed by atoms with Crippen molar-refractivity contribution in [3.05, 3.63) is 41.3 Å². The van der Waals surface area contributed by atoms with E-state index in [-0.39, 0.29) is 5.56 Å². The molecular weight excluding hydrogens is 267 g/mol. The second-order valence-electron chi connectivity index (χ2n) is 5.05. The summed E-state index contributed by atoms with van der Waals surface area (Å²) in [6.07, 6.45) is 1.59. The van der Waals surface area contributed by atoms with E-state index in [0.29, 0.717) is 18.2 Å². The number of nitrogens with one attached hydrogen (secondary N) is 2. The van der Waals surface area contributed by atoms with Crippen LogP contribution in [0.5, 0.6) is 0 Å². The van der Waals surface area contributed by atoms with Crippen LogP contribution in [0.1, 0.15) is 19.4 Å². The van der Waals surface area contributed by atoms with E-state index in [1.165, 1.54) is 0 Å². The lowest BCUT2D eigenvalue weighted by Crippen LogP contribution is -2.19. The number of aromatic nitrogens is 2. The molecule has 0 spiro atoms. The number of rotatable bonds is 5. The predicted molar refractivity (Wildman–Crippen MR) is 70.4 cm³/mol. The molecule has 2 aromatic rings. The summed E-state index contributed by atoms with van der Waals surface area (Å²) in [4.78, 5) is 0. The second kappa shape index (κ2) is 6.09. The number of halogens is 3. The first-order valence-electron chi connectivity index (χ1n) is 6.37. The Bertz CT molecular complexity index is 570. The van der Waals surface area contributed by atoms with Crippen LogP contribution >= 0.6 is 0 Å².